The summed E-state index contributed by atoms with van der Waals surface area (Å²) in [5.41, 5.74) is 0.662. The van der Waals surface area contributed by atoms with Gasteiger partial charge in [0, 0.05) is 6.54 Å². The fraction of sp³-hybridized carbons (Fsp3) is 0.500. The molecule has 0 amide bonds. The third-order valence-corrected chi connectivity index (χ3v) is 5.79. The van der Waals surface area contributed by atoms with E-state index in [9.17, 15) is 18.3 Å². The molecule has 2 rings (SSSR count). The van der Waals surface area contributed by atoms with Crippen molar-refractivity contribution in [1.82, 2.24) is 4.31 Å². The molecule has 1 aliphatic rings. The van der Waals surface area contributed by atoms with Crippen LogP contribution >= 0.6 is 0 Å². The predicted octanol–water partition coefficient (Wildman–Crippen LogP) is 0.917. The van der Waals surface area contributed by atoms with Crippen LogP contribution < -0.4 is 0 Å². The molecule has 1 heterocycles. The molecule has 2 unspecified atom stereocenters. The summed E-state index contributed by atoms with van der Waals surface area (Å²) in [4.78, 5) is 10.8. The molecule has 0 aromatic heterocycles. The van der Waals surface area contributed by atoms with E-state index in [1.165, 1.54) is 28.6 Å². The second-order valence-corrected chi connectivity index (χ2v) is 7.31. The summed E-state index contributed by atoms with van der Waals surface area (Å²) in [6, 6.07) is 5.43. The predicted molar refractivity (Wildman–Crippen MR) is 77.4 cm³/mol. The van der Waals surface area contributed by atoms with Gasteiger partial charge >= 0.3 is 5.97 Å². The van der Waals surface area contributed by atoms with E-state index in [1.807, 2.05) is 6.92 Å². The van der Waals surface area contributed by atoms with Crippen molar-refractivity contribution in [2.24, 2.45) is 5.92 Å². The van der Waals surface area contributed by atoms with Crippen LogP contribution in [0.25, 0.3) is 0 Å². The number of hydrogen-bond acceptors (Lipinski definition) is 4. The molecule has 0 aliphatic carbocycles. The molecule has 1 aromatic rings. The van der Waals surface area contributed by atoms with Gasteiger partial charge in [-0.2, -0.15) is 4.31 Å². The minimum Gasteiger partial charge on any atom is -0.478 e. The summed E-state index contributed by atoms with van der Waals surface area (Å²) in [7, 11) is -3.51. The van der Waals surface area contributed by atoms with Crippen molar-refractivity contribution >= 4 is 16.0 Å². The highest BCUT2D eigenvalue weighted by Gasteiger charge is 2.38. The Morgan fingerprint density at radius 1 is 1.33 bits per heavy atom. The normalized spacial score (nSPS) is 23.3. The van der Waals surface area contributed by atoms with E-state index >= 15 is 0 Å². The molecule has 2 N–H and O–H groups in total. The molecule has 1 fully saturated rings. The molecule has 7 heteroatoms. The number of nitrogens with zero attached hydrogens (tertiary/aromatic N) is 1. The Morgan fingerprint density at radius 3 is 2.48 bits per heavy atom. The summed E-state index contributed by atoms with van der Waals surface area (Å²) in [5.74, 6) is -1.09. The third kappa shape index (κ3) is 3.42. The first-order valence-corrected chi connectivity index (χ1v) is 8.38. The van der Waals surface area contributed by atoms with Gasteiger partial charge in [-0.15, -0.1) is 0 Å². The third-order valence-electron chi connectivity index (χ3n) is 3.93. The molecule has 0 spiro atoms. The van der Waals surface area contributed by atoms with Crippen LogP contribution in [0.5, 0.6) is 0 Å². The van der Waals surface area contributed by atoms with Crippen molar-refractivity contribution in [2.45, 2.75) is 25.1 Å². The molecule has 21 heavy (non-hydrogen) atoms. The Hall–Kier alpha value is -1.44. The first-order chi connectivity index (χ1) is 9.85. The van der Waals surface area contributed by atoms with Gasteiger partial charge in [0.25, 0.3) is 0 Å². The summed E-state index contributed by atoms with van der Waals surface area (Å²) < 4.78 is 26.2. The van der Waals surface area contributed by atoms with Crippen molar-refractivity contribution in [1.29, 1.82) is 0 Å². The van der Waals surface area contributed by atoms with E-state index in [0.29, 0.717) is 12.1 Å². The number of rotatable bonds is 5. The number of carboxylic acids is 1. The van der Waals surface area contributed by atoms with E-state index in [4.69, 9.17) is 5.11 Å². The second kappa shape index (κ2) is 6.13. The average Bonchev–Trinajstić information content (AvgIpc) is 2.80. The van der Waals surface area contributed by atoms with Gasteiger partial charge < -0.3 is 10.2 Å². The Kier molecular flexibility index (Phi) is 4.65. The molecular weight excluding hydrogens is 294 g/mol. The van der Waals surface area contributed by atoms with Crippen molar-refractivity contribution < 1.29 is 23.4 Å². The van der Waals surface area contributed by atoms with Gasteiger partial charge in [-0.1, -0.05) is 19.1 Å². The van der Waals surface area contributed by atoms with Crippen molar-refractivity contribution in [3.63, 3.8) is 0 Å². The molecule has 2 atom stereocenters. The van der Waals surface area contributed by atoms with Crippen molar-refractivity contribution in [3.05, 3.63) is 35.4 Å². The van der Waals surface area contributed by atoms with Gasteiger partial charge in [-0.05, 0) is 30.0 Å². The van der Waals surface area contributed by atoms with Gasteiger partial charge in [0.05, 0.1) is 24.0 Å². The lowest BCUT2D eigenvalue weighted by atomic mass is 10.0. The van der Waals surface area contributed by atoms with E-state index in [0.717, 1.165) is 6.42 Å². The number of carbonyl (C=O) groups is 1. The molecule has 116 valence electrons. The summed E-state index contributed by atoms with van der Waals surface area (Å²) in [6.07, 6.45) is 0.739. The van der Waals surface area contributed by atoms with Gasteiger partial charge in [0.15, 0.2) is 0 Å². The molecule has 1 saturated heterocycles. The second-order valence-electron chi connectivity index (χ2n) is 5.38. The molecule has 6 nitrogen and oxygen atoms in total. The summed E-state index contributed by atoms with van der Waals surface area (Å²) >= 11 is 0. The summed E-state index contributed by atoms with van der Waals surface area (Å²) in [6.45, 7) is 2.17. The van der Waals surface area contributed by atoms with E-state index in [1.54, 1.807) is 0 Å². The molecule has 0 saturated carbocycles. The van der Waals surface area contributed by atoms with E-state index in [2.05, 4.69) is 0 Å². The summed E-state index contributed by atoms with van der Waals surface area (Å²) in [5, 5.41) is 18.2. The average molecular weight is 313 g/mol. The Labute approximate surface area is 124 Å². The number of aliphatic hydroxyl groups is 1. The number of aliphatic hydroxyl groups excluding tert-OH is 1. The lowest BCUT2D eigenvalue weighted by molar-refractivity contribution is 0.0697. The molecule has 0 radical (unpaired) electrons. The number of hydrogen-bond donors (Lipinski definition) is 2. The highest BCUT2D eigenvalue weighted by molar-refractivity contribution is 7.88. The fourth-order valence-electron chi connectivity index (χ4n) is 2.63. The van der Waals surface area contributed by atoms with E-state index < -0.39 is 16.0 Å². The highest BCUT2D eigenvalue weighted by atomic mass is 32.2. The van der Waals surface area contributed by atoms with Crippen molar-refractivity contribution in [3.8, 4) is 0 Å². The zero-order valence-corrected chi connectivity index (χ0v) is 12.6. The highest BCUT2D eigenvalue weighted by Crippen LogP contribution is 2.28. The maximum Gasteiger partial charge on any atom is 0.335 e. The van der Waals surface area contributed by atoms with Gasteiger partial charge in [-0.25, -0.2) is 13.2 Å². The van der Waals surface area contributed by atoms with Crippen LogP contribution in [0.1, 0.15) is 29.3 Å². The Bertz CT molecular complexity index is 611. The van der Waals surface area contributed by atoms with Crippen LogP contribution in [0, 0.1) is 5.92 Å². The zero-order valence-electron chi connectivity index (χ0n) is 11.8. The minimum absolute atomic E-state index is 0.124. The molecule has 0 bridgehead atoms. The van der Waals surface area contributed by atoms with Crippen molar-refractivity contribution in [2.75, 3.05) is 13.2 Å². The lowest BCUT2D eigenvalue weighted by Gasteiger charge is -2.24. The molecule has 1 aromatic carbocycles. The Morgan fingerprint density at radius 2 is 1.95 bits per heavy atom. The van der Waals surface area contributed by atoms with Gasteiger partial charge in [-0.3, -0.25) is 0 Å². The number of benzene rings is 1. The SMILES string of the molecule is CC1CCN(S(=O)(=O)Cc2ccc(C(=O)O)cc2)C1CO. The molecular formula is C14H19NO5S. The van der Waals surface area contributed by atoms with Crippen LogP contribution in [-0.2, 0) is 15.8 Å². The quantitative estimate of drug-likeness (QED) is 0.843. The fourth-order valence-corrected chi connectivity index (χ4v) is 4.48. The van der Waals surface area contributed by atoms with E-state index in [-0.39, 0.29) is 29.9 Å². The molecule has 1 aliphatic heterocycles. The topological polar surface area (TPSA) is 94.9 Å². The van der Waals surface area contributed by atoms with Gasteiger partial charge in [0.1, 0.15) is 0 Å². The van der Waals surface area contributed by atoms with Crippen LogP contribution in [0.3, 0.4) is 0 Å². The zero-order chi connectivity index (χ0) is 15.6. The lowest BCUT2D eigenvalue weighted by Crippen LogP contribution is -2.40. The maximum atomic E-state index is 12.4. The van der Waals surface area contributed by atoms with Gasteiger partial charge in [0.2, 0.25) is 10.0 Å². The largest absolute Gasteiger partial charge is 0.478 e. The van der Waals surface area contributed by atoms with Crippen LogP contribution in [0.2, 0.25) is 0 Å². The smallest absolute Gasteiger partial charge is 0.335 e. The Balaban J connectivity index is 2.15. The van der Waals surface area contributed by atoms with Crippen LogP contribution in [-0.4, -0.2) is 48.1 Å². The first-order valence-electron chi connectivity index (χ1n) is 6.78. The number of carboxylic acid groups (broad SMARTS) is 1. The van der Waals surface area contributed by atoms with Crippen LogP contribution in [0.4, 0.5) is 0 Å². The number of aromatic carboxylic acids is 1. The minimum atomic E-state index is -3.51. The van der Waals surface area contributed by atoms with Crippen LogP contribution in [0.15, 0.2) is 24.3 Å². The standard InChI is InChI=1S/C14H19NO5S/c1-10-6-7-15(13(10)8-16)21(19,20)9-11-2-4-12(5-3-11)14(17)18/h2-5,10,13,16H,6-9H2,1H3,(H,17,18). The number of sulfonamides is 1. The maximum absolute atomic E-state index is 12.4. The first kappa shape index (κ1) is 15.9. The monoisotopic (exact) mass is 313 g/mol.